The number of carbonyl (C=O) groups excluding carboxylic acids is 1. The number of Topliss-reactive ketones (excluding diaryl/α,β-unsaturated/α-hetero) is 1. The van der Waals surface area contributed by atoms with Gasteiger partial charge >= 0.3 is 0 Å². The Balaban J connectivity index is 4.63. The summed E-state index contributed by atoms with van der Waals surface area (Å²) in [6.07, 6.45) is -12.3. The van der Waals surface area contributed by atoms with Crippen LogP contribution in [-0.4, -0.2) is 96.5 Å². The average Bonchev–Trinajstić information content (AvgIpc) is 2.40. The first-order valence-electron chi connectivity index (χ1n) is 5.11. The summed E-state index contributed by atoms with van der Waals surface area (Å²) in [4.78, 5) is 11.4. The predicted octanol–water partition coefficient (Wildman–Crippen LogP) is -5.29. The predicted molar refractivity (Wildman–Crippen MR) is 55.2 cm³/mol. The standard InChI is InChI=1S/C9H18O9/c10-1-3(12)5(14)7(16)9(18)8(17)6(15)4(13)2-11/h3-8,10-17H,1-2H2/t3-,4?,5+,6+,7-,8-/m1/s1. The Morgan fingerprint density at radius 3 is 1.22 bits per heavy atom. The second kappa shape index (κ2) is 7.71. The summed E-state index contributed by atoms with van der Waals surface area (Å²) in [5.74, 6) is -1.46. The van der Waals surface area contributed by atoms with Crippen LogP contribution >= 0.6 is 0 Å². The molecule has 0 saturated heterocycles. The first-order chi connectivity index (χ1) is 8.27. The molecule has 0 spiro atoms. The minimum absolute atomic E-state index is 0.927. The van der Waals surface area contributed by atoms with Gasteiger partial charge in [0, 0.05) is 0 Å². The van der Waals surface area contributed by atoms with Crippen molar-refractivity contribution in [3.63, 3.8) is 0 Å². The van der Waals surface area contributed by atoms with Crippen molar-refractivity contribution in [2.75, 3.05) is 13.2 Å². The molecule has 0 radical (unpaired) electrons. The van der Waals surface area contributed by atoms with Gasteiger partial charge in [0.15, 0.2) is 5.78 Å². The van der Waals surface area contributed by atoms with Crippen molar-refractivity contribution in [3.8, 4) is 0 Å². The van der Waals surface area contributed by atoms with E-state index in [0.29, 0.717) is 0 Å². The Kier molecular flexibility index (Phi) is 7.43. The van der Waals surface area contributed by atoms with Gasteiger partial charge in [-0.05, 0) is 0 Å². The maximum Gasteiger partial charge on any atom is 0.195 e. The van der Waals surface area contributed by atoms with Crippen molar-refractivity contribution < 1.29 is 45.6 Å². The van der Waals surface area contributed by atoms with E-state index < -0.39 is 55.6 Å². The van der Waals surface area contributed by atoms with E-state index in [-0.39, 0.29) is 0 Å². The van der Waals surface area contributed by atoms with Crippen LogP contribution < -0.4 is 0 Å². The van der Waals surface area contributed by atoms with Crippen molar-refractivity contribution >= 4 is 5.78 Å². The van der Waals surface area contributed by atoms with E-state index in [0.717, 1.165) is 0 Å². The summed E-state index contributed by atoms with van der Waals surface area (Å²) >= 11 is 0. The zero-order chi connectivity index (χ0) is 14.5. The molecule has 0 heterocycles. The molecule has 0 saturated carbocycles. The lowest BCUT2D eigenvalue weighted by molar-refractivity contribution is -0.159. The normalized spacial score (nSPS) is 21.8. The second-order valence-electron chi connectivity index (χ2n) is 3.77. The van der Waals surface area contributed by atoms with Crippen molar-refractivity contribution in [3.05, 3.63) is 0 Å². The Labute approximate surface area is 102 Å². The van der Waals surface area contributed by atoms with Gasteiger partial charge in [0.2, 0.25) is 0 Å². The van der Waals surface area contributed by atoms with Gasteiger partial charge in [0.05, 0.1) is 13.2 Å². The highest BCUT2D eigenvalue weighted by atomic mass is 16.4. The number of aliphatic hydroxyl groups excluding tert-OH is 8. The van der Waals surface area contributed by atoms with Crippen molar-refractivity contribution in [1.82, 2.24) is 0 Å². The molecule has 6 atom stereocenters. The number of hydrogen-bond acceptors (Lipinski definition) is 9. The maximum absolute atomic E-state index is 11.4. The van der Waals surface area contributed by atoms with Gasteiger partial charge in [-0.25, -0.2) is 0 Å². The lowest BCUT2D eigenvalue weighted by Crippen LogP contribution is -2.52. The number of ketones is 1. The summed E-state index contributed by atoms with van der Waals surface area (Å²) in [6.45, 7) is -1.85. The molecule has 0 aromatic heterocycles. The van der Waals surface area contributed by atoms with Crippen LogP contribution in [0.25, 0.3) is 0 Å². The van der Waals surface area contributed by atoms with Gasteiger partial charge < -0.3 is 40.9 Å². The fourth-order valence-corrected chi connectivity index (χ4v) is 1.15. The van der Waals surface area contributed by atoms with Crippen LogP contribution in [0.1, 0.15) is 0 Å². The summed E-state index contributed by atoms with van der Waals surface area (Å²) in [7, 11) is 0. The Morgan fingerprint density at radius 2 is 1.00 bits per heavy atom. The van der Waals surface area contributed by atoms with Gasteiger partial charge in [-0.2, -0.15) is 0 Å². The molecule has 1 unspecified atom stereocenters. The van der Waals surface area contributed by atoms with Crippen LogP contribution in [0.3, 0.4) is 0 Å². The molecule has 0 aliphatic rings. The lowest BCUT2D eigenvalue weighted by atomic mass is 9.96. The maximum atomic E-state index is 11.4. The quantitative estimate of drug-likeness (QED) is 0.214. The first-order valence-corrected chi connectivity index (χ1v) is 5.11. The monoisotopic (exact) mass is 270 g/mol. The second-order valence-corrected chi connectivity index (χ2v) is 3.77. The Hall–Kier alpha value is -0.650. The van der Waals surface area contributed by atoms with Crippen LogP contribution in [0.4, 0.5) is 0 Å². The zero-order valence-electron chi connectivity index (χ0n) is 9.36. The van der Waals surface area contributed by atoms with Crippen LogP contribution in [0.2, 0.25) is 0 Å². The van der Waals surface area contributed by atoms with Crippen molar-refractivity contribution in [2.45, 2.75) is 36.6 Å². The third-order valence-electron chi connectivity index (χ3n) is 2.39. The highest BCUT2D eigenvalue weighted by Crippen LogP contribution is 2.08. The minimum atomic E-state index is -2.26. The van der Waals surface area contributed by atoms with E-state index in [9.17, 15) is 25.2 Å². The summed E-state index contributed by atoms with van der Waals surface area (Å²) in [6, 6.07) is 0. The molecule has 0 rings (SSSR count). The van der Waals surface area contributed by atoms with Crippen LogP contribution in [0, 0.1) is 0 Å². The SMILES string of the molecule is O=C([C@H](O)[C@@H](O)[C@H](O)CO)[C@H](O)[C@@H](O)C(O)CO. The van der Waals surface area contributed by atoms with Gasteiger partial charge in [-0.15, -0.1) is 0 Å². The summed E-state index contributed by atoms with van der Waals surface area (Å²) < 4.78 is 0. The Morgan fingerprint density at radius 1 is 0.722 bits per heavy atom. The van der Waals surface area contributed by atoms with Crippen molar-refractivity contribution in [2.24, 2.45) is 0 Å². The molecule has 0 bridgehead atoms. The Bertz CT molecular complexity index is 234. The molecule has 9 nitrogen and oxygen atoms in total. The van der Waals surface area contributed by atoms with E-state index in [1.807, 2.05) is 0 Å². The van der Waals surface area contributed by atoms with Crippen molar-refractivity contribution in [1.29, 1.82) is 0 Å². The molecule has 9 heteroatoms. The topological polar surface area (TPSA) is 179 Å². The largest absolute Gasteiger partial charge is 0.394 e. The van der Waals surface area contributed by atoms with Crippen LogP contribution in [0.15, 0.2) is 0 Å². The average molecular weight is 270 g/mol. The number of aliphatic hydroxyl groups is 8. The third kappa shape index (κ3) is 4.23. The lowest BCUT2D eigenvalue weighted by Gasteiger charge is -2.25. The fraction of sp³-hybridized carbons (Fsp3) is 0.889. The molecule has 0 aliphatic carbocycles. The van der Waals surface area contributed by atoms with E-state index in [1.54, 1.807) is 0 Å². The molecular weight excluding hydrogens is 252 g/mol. The fourth-order valence-electron chi connectivity index (χ4n) is 1.15. The van der Waals surface area contributed by atoms with Crippen LogP contribution in [0.5, 0.6) is 0 Å². The molecule has 18 heavy (non-hydrogen) atoms. The van der Waals surface area contributed by atoms with E-state index in [1.165, 1.54) is 0 Å². The van der Waals surface area contributed by atoms with Gasteiger partial charge in [-0.3, -0.25) is 4.79 Å². The number of rotatable bonds is 8. The van der Waals surface area contributed by atoms with Crippen LogP contribution in [-0.2, 0) is 4.79 Å². The van der Waals surface area contributed by atoms with Gasteiger partial charge in [-0.1, -0.05) is 0 Å². The molecule has 0 aliphatic heterocycles. The highest BCUT2D eigenvalue weighted by Gasteiger charge is 2.38. The zero-order valence-corrected chi connectivity index (χ0v) is 9.36. The molecule has 8 N–H and O–H groups in total. The smallest absolute Gasteiger partial charge is 0.195 e. The molecule has 0 aromatic carbocycles. The minimum Gasteiger partial charge on any atom is -0.394 e. The molecule has 0 fully saturated rings. The van der Waals surface area contributed by atoms with E-state index >= 15 is 0 Å². The first kappa shape index (κ1) is 17.4. The van der Waals surface area contributed by atoms with Gasteiger partial charge in [0.25, 0.3) is 0 Å². The summed E-state index contributed by atoms with van der Waals surface area (Å²) in [5, 5.41) is 71.9. The molecule has 0 aromatic rings. The highest BCUT2D eigenvalue weighted by molar-refractivity contribution is 5.88. The molecular formula is C9H18O9. The third-order valence-corrected chi connectivity index (χ3v) is 2.39. The van der Waals surface area contributed by atoms with Gasteiger partial charge in [0.1, 0.15) is 36.6 Å². The molecule has 0 amide bonds. The number of carbonyl (C=O) groups is 1. The summed E-state index contributed by atoms with van der Waals surface area (Å²) in [5.41, 5.74) is 0. The van der Waals surface area contributed by atoms with E-state index in [4.69, 9.17) is 20.4 Å². The van der Waals surface area contributed by atoms with E-state index in [2.05, 4.69) is 0 Å². The molecule has 108 valence electrons. The number of hydrogen-bond donors (Lipinski definition) is 8.